The van der Waals surface area contributed by atoms with Crippen LogP contribution in [-0.4, -0.2) is 31.3 Å². The summed E-state index contributed by atoms with van der Waals surface area (Å²) < 4.78 is 0. The van der Waals surface area contributed by atoms with E-state index in [-0.39, 0.29) is 11.2 Å². The molecule has 0 bridgehead atoms. The van der Waals surface area contributed by atoms with Crippen molar-refractivity contribution in [1.82, 2.24) is 19.9 Å². The first-order chi connectivity index (χ1) is 13.5. The topological polar surface area (TPSA) is 105 Å². The van der Waals surface area contributed by atoms with Crippen LogP contribution in [0.4, 0.5) is 5.69 Å². The molecule has 8 nitrogen and oxygen atoms in total. The van der Waals surface area contributed by atoms with Crippen molar-refractivity contribution in [1.29, 1.82) is 0 Å². The lowest BCUT2D eigenvalue weighted by molar-refractivity contribution is -0.384. The van der Waals surface area contributed by atoms with Gasteiger partial charge in [0.1, 0.15) is 5.82 Å². The maximum absolute atomic E-state index is 12.5. The number of pyridine rings is 1. The maximum atomic E-state index is 12.5. The molecule has 3 aromatic rings. The number of nitrogens with zero attached hydrogens (tertiary/aromatic N) is 4. The number of nitro benzene ring substituents is 1. The van der Waals surface area contributed by atoms with Crippen LogP contribution in [0.3, 0.4) is 0 Å². The Kier molecular flexibility index (Phi) is 4.89. The van der Waals surface area contributed by atoms with Gasteiger partial charge in [0.2, 0.25) is 0 Å². The zero-order chi connectivity index (χ0) is 19.7. The van der Waals surface area contributed by atoms with E-state index in [4.69, 9.17) is 11.6 Å². The average Bonchev–Trinajstić information content (AvgIpc) is 2.70. The zero-order valence-electron chi connectivity index (χ0n) is 14.8. The fraction of sp³-hybridized carbons (Fsp3) is 0.211. The number of hydrogen-bond acceptors (Lipinski definition) is 6. The Morgan fingerprint density at radius 1 is 1.32 bits per heavy atom. The summed E-state index contributed by atoms with van der Waals surface area (Å²) >= 11 is 6.22. The van der Waals surface area contributed by atoms with Gasteiger partial charge in [-0.05, 0) is 30.2 Å². The predicted molar refractivity (Wildman–Crippen MR) is 104 cm³/mol. The van der Waals surface area contributed by atoms with E-state index in [0.717, 1.165) is 5.56 Å². The molecule has 0 unspecified atom stereocenters. The van der Waals surface area contributed by atoms with Crippen molar-refractivity contribution in [3.05, 3.63) is 85.0 Å². The number of benzene rings is 1. The first-order valence-electron chi connectivity index (χ1n) is 8.69. The summed E-state index contributed by atoms with van der Waals surface area (Å²) in [5.41, 5.74) is 2.66. The largest absolute Gasteiger partial charge is 0.306 e. The second kappa shape index (κ2) is 7.49. The molecule has 0 saturated carbocycles. The van der Waals surface area contributed by atoms with Crippen LogP contribution in [0.1, 0.15) is 16.8 Å². The Labute approximate surface area is 165 Å². The van der Waals surface area contributed by atoms with Gasteiger partial charge in [0.25, 0.3) is 11.2 Å². The van der Waals surface area contributed by atoms with Gasteiger partial charge in [-0.15, -0.1) is 0 Å². The molecular formula is C19H16ClN5O3. The van der Waals surface area contributed by atoms with Gasteiger partial charge in [0.15, 0.2) is 0 Å². The van der Waals surface area contributed by atoms with Crippen LogP contribution in [-0.2, 0) is 19.5 Å². The van der Waals surface area contributed by atoms with Crippen molar-refractivity contribution < 1.29 is 4.92 Å². The Bertz CT molecular complexity index is 1100. The second-order valence-corrected chi connectivity index (χ2v) is 6.98. The molecule has 1 N–H and O–H groups in total. The fourth-order valence-corrected chi connectivity index (χ4v) is 3.48. The van der Waals surface area contributed by atoms with Crippen molar-refractivity contribution in [2.45, 2.75) is 19.5 Å². The standard InChI is InChI=1S/C19H16ClN5O3/c20-16-4-3-14(25(27)28)8-13(16)10-24-7-5-15-17(11-24)22-18(23-19(15)26)12-2-1-6-21-9-12/h1-4,6,8-9H,5,7,10-11H2,(H,22,23,26). The minimum Gasteiger partial charge on any atom is -0.306 e. The Morgan fingerprint density at radius 2 is 2.18 bits per heavy atom. The van der Waals surface area contributed by atoms with Crippen LogP contribution in [0.2, 0.25) is 5.02 Å². The summed E-state index contributed by atoms with van der Waals surface area (Å²) in [4.78, 5) is 36.6. The third kappa shape index (κ3) is 3.64. The SMILES string of the molecule is O=c1[nH]c(-c2cccnc2)nc2c1CCN(Cc1cc([N+](=O)[O-])ccc1Cl)C2. The van der Waals surface area contributed by atoms with Crippen LogP contribution in [0.25, 0.3) is 11.4 Å². The Balaban J connectivity index is 1.61. The molecule has 9 heteroatoms. The van der Waals surface area contributed by atoms with E-state index in [9.17, 15) is 14.9 Å². The van der Waals surface area contributed by atoms with Crippen molar-refractivity contribution in [3.63, 3.8) is 0 Å². The molecule has 0 saturated heterocycles. The number of aromatic nitrogens is 3. The number of aromatic amines is 1. The number of halogens is 1. The smallest absolute Gasteiger partial charge is 0.269 e. The second-order valence-electron chi connectivity index (χ2n) is 6.57. The van der Waals surface area contributed by atoms with E-state index in [1.807, 2.05) is 6.07 Å². The number of hydrogen-bond donors (Lipinski definition) is 1. The molecule has 1 aliphatic rings. The summed E-state index contributed by atoms with van der Waals surface area (Å²) in [5, 5.41) is 11.5. The fourth-order valence-electron chi connectivity index (χ4n) is 3.31. The first kappa shape index (κ1) is 18.3. The van der Waals surface area contributed by atoms with E-state index < -0.39 is 4.92 Å². The van der Waals surface area contributed by atoms with Gasteiger partial charge in [-0.3, -0.25) is 24.8 Å². The number of H-pyrrole nitrogens is 1. The van der Waals surface area contributed by atoms with Crippen LogP contribution < -0.4 is 5.56 Å². The highest BCUT2D eigenvalue weighted by Crippen LogP contribution is 2.25. The molecule has 0 fully saturated rings. The van der Waals surface area contributed by atoms with Crippen molar-refractivity contribution in [2.24, 2.45) is 0 Å². The van der Waals surface area contributed by atoms with Gasteiger partial charge in [-0.25, -0.2) is 4.98 Å². The van der Waals surface area contributed by atoms with Gasteiger partial charge in [-0.2, -0.15) is 0 Å². The molecule has 0 radical (unpaired) electrons. The molecule has 0 amide bonds. The molecule has 1 aliphatic heterocycles. The third-order valence-electron chi connectivity index (χ3n) is 4.72. The number of nitro groups is 1. The van der Waals surface area contributed by atoms with Crippen LogP contribution >= 0.6 is 11.6 Å². The lowest BCUT2D eigenvalue weighted by Gasteiger charge is -2.28. The summed E-state index contributed by atoms with van der Waals surface area (Å²) in [6.07, 6.45) is 3.86. The molecule has 1 aromatic carbocycles. The van der Waals surface area contributed by atoms with Crippen LogP contribution in [0.5, 0.6) is 0 Å². The summed E-state index contributed by atoms with van der Waals surface area (Å²) in [5.74, 6) is 0.479. The van der Waals surface area contributed by atoms with E-state index in [1.54, 1.807) is 18.5 Å². The van der Waals surface area contributed by atoms with Crippen molar-refractivity contribution >= 4 is 17.3 Å². The summed E-state index contributed by atoms with van der Waals surface area (Å²) in [7, 11) is 0. The van der Waals surface area contributed by atoms with Gasteiger partial charge < -0.3 is 4.98 Å². The highest BCUT2D eigenvalue weighted by molar-refractivity contribution is 6.31. The molecule has 0 aliphatic carbocycles. The Morgan fingerprint density at radius 3 is 2.93 bits per heavy atom. The van der Waals surface area contributed by atoms with Crippen LogP contribution in [0.15, 0.2) is 47.5 Å². The van der Waals surface area contributed by atoms with Crippen molar-refractivity contribution in [2.75, 3.05) is 6.54 Å². The van der Waals surface area contributed by atoms with Gasteiger partial charge in [0, 0.05) is 60.3 Å². The molecule has 3 heterocycles. The van der Waals surface area contributed by atoms with Gasteiger partial charge in [0.05, 0.1) is 10.6 Å². The molecule has 28 heavy (non-hydrogen) atoms. The number of rotatable bonds is 4. The van der Waals surface area contributed by atoms with E-state index in [2.05, 4.69) is 19.9 Å². The molecule has 142 valence electrons. The minimum atomic E-state index is -0.438. The van der Waals surface area contributed by atoms with E-state index >= 15 is 0 Å². The lowest BCUT2D eigenvalue weighted by atomic mass is 10.0. The minimum absolute atomic E-state index is 0.00485. The first-order valence-corrected chi connectivity index (χ1v) is 9.06. The normalized spacial score (nSPS) is 13.9. The van der Waals surface area contributed by atoms with Crippen molar-refractivity contribution in [3.8, 4) is 11.4 Å². The monoisotopic (exact) mass is 397 g/mol. The van der Waals surface area contributed by atoms with Gasteiger partial charge in [-0.1, -0.05) is 11.6 Å². The highest BCUT2D eigenvalue weighted by atomic mass is 35.5. The number of non-ortho nitro benzene ring substituents is 1. The summed E-state index contributed by atoms with van der Waals surface area (Å²) in [6.45, 7) is 1.55. The van der Waals surface area contributed by atoms with Gasteiger partial charge >= 0.3 is 0 Å². The molecule has 0 spiro atoms. The van der Waals surface area contributed by atoms with E-state index in [0.29, 0.717) is 53.7 Å². The van der Waals surface area contributed by atoms with Crippen LogP contribution in [0, 0.1) is 10.1 Å². The lowest BCUT2D eigenvalue weighted by Crippen LogP contribution is -2.35. The molecule has 0 atom stereocenters. The third-order valence-corrected chi connectivity index (χ3v) is 5.09. The zero-order valence-corrected chi connectivity index (χ0v) is 15.5. The maximum Gasteiger partial charge on any atom is 0.269 e. The van der Waals surface area contributed by atoms with E-state index in [1.165, 1.54) is 18.2 Å². The molecule has 4 rings (SSSR count). The summed E-state index contributed by atoms with van der Waals surface area (Å²) in [6, 6.07) is 8.03. The highest BCUT2D eigenvalue weighted by Gasteiger charge is 2.22. The molecule has 2 aromatic heterocycles. The Hall–Kier alpha value is -3.10. The number of fused-ring (bicyclic) bond motifs is 1. The molecular weight excluding hydrogens is 382 g/mol. The average molecular weight is 398 g/mol. The quantitative estimate of drug-likeness (QED) is 0.536. The number of nitrogens with one attached hydrogen (secondary N) is 1. The predicted octanol–water partition coefficient (Wildman–Crippen LogP) is 2.95.